The van der Waals surface area contributed by atoms with Crippen LogP contribution >= 0.6 is 22.9 Å². The fourth-order valence-electron chi connectivity index (χ4n) is 2.51. The second-order valence-corrected chi connectivity index (χ2v) is 8.01. The van der Waals surface area contributed by atoms with Crippen LogP contribution in [-0.2, 0) is 0 Å². The molecule has 160 valence electrons. The topological polar surface area (TPSA) is 57.7 Å². The average molecular weight is 459 g/mol. The number of carbonyl (C=O) groups is 1. The Labute approximate surface area is 179 Å². The van der Waals surface area contributed by atoms with Gasteiger partial charge in [-0.25, -0.2) is 9.78 Å². The lowest BCUT2D eigenvalue weighted by atomic mass is 10.3. The molecule has 0 fully saturated rings. The lowest BCUT2D eigenvalue weighted by Gasteiger charge is -2.22. The molecule has 0 aliphatic heterocycles. The number of likely N-dealkylation sites (N-methyl/N-ethyl adjacent to an activating group) is 1. The van der Waals surface area contributed by atoms with E-state index in [9.17, 15) is 18.0 Å². The molecule has 6 nitrogen and oxygen atoms in total. The van der Waals surface area contributed by atoms with Crippen LogP contribution in [0.3, 0.4) is 0 Å². The highest BCUT2D eigenvalue weighted by atomic mass is 35.5. The quantitative estimate of drug-likeness (QED) is 0.533. The Bertz CT molecular complexity index is 1020. The molecule has 1 N–H and O–H groups in total. The summed E-state index contributed by atoms with van der Waals surface area (Å²) >= 11 is 6.98. The van der Waals surface area contributed by atoms with Crippen LogP contribution in [0.25, 0.3) is 10.2 Å². The van der Waals surface area contributed by atoms with E-state index in [1.54, 1.807) is 24.3 Å². The summed E-state index contributed by atoms with van der Waals surface area (Å²) in [6, 6.07) is 10.1. The third kappa shape index (κ3) is 5.97. The van der Waals surface area contributed by atoms with Gasteiger partial charge in [-0.2, -0.15) is 0 Å². The van der Waals surface area contributed by atoms with E-state index in [0.717, 1.165) is 11.3 Å². The van der Waals surface area contributed by atoms with Crippen LogP contribution in [0.1, 0.15) is 0 Å². The summed E-state index contributed by atoms with van der Waals surface area (Å²) in [5, 5.41) is 3.69. The van der Waals surface area contributed by atoms with Crippen LogP contribution < -0.4 is 15.0 Å². The Kier molecular flexibility index (Phi) is 6.69. The first-order valence-corrected chi connectivity index (χ1v) is 9.95. The summed E-state index contributed by atoms with van der Waals surface area (Å²) in [7, 11) is 3.74. The molecule has 3 rings (SSSR count). The number of hydrogen-bond donors (Lipinski definition) is 1. The Morgan fingerprint density at radius 2 is 1.87 bits per heavy atom. The average Bonchev–Trinajstić information content (AvgIpc) is 3.05. The number of halogens is 4. The maximum absolute atomic E-state index is 12.9. The molecule has 0 unspecified atom stereocenters. The second-order valence-electron chi connectivity index (χ2n) is 6.57. The van der Waals surface area contributed by atoms with Gasteiger partial charge in [-0.1, -0.05) is 22.9 Å². The summed E-state index contributed by atoms with van der Waals surface area (Å²) in [6.07, 6.45) is -4.78. The van der Waals surface area contributed by atoms with E-state index in [4.69, 9.17) is 11.6 Å². The number of rotatable bonds is 6. The van der Waals surface area contributed by atoms with Gasteiger partial charge in [0.05, 0.1) is 10.2 Å². The number of nitrogens with zero attached hydrogens (tertiary/aromatic N) is 3. The SMILES string of the molecule is CN(C)CCN(C(=O)Nc1ccc(Cl)cc1)c1nc2ccc(OC(F)(F)F)cc2s1. The van der Waals surface area contributed by atoms with Gasteiger partial charge in [0.15, 0.2) is 5.13 Å². The molecule has 2 amide bonds. The second kappa shape index (κ2) is 9.07. The molecule has 0 radical (unpaired) electrons. The Hall–Kier alpha value is -2.56. The molecule has 2 aromatic carbocycles. The van der Waals surface area contributed by atoms with Crippen molar-refractivity contribution >= 4 is 50.0 Å². The number of carbonyl (C=O) groups excluding carboxylic acids is 1. The van der Waals surface area contributed by atoms with Crippen molar-refractivity contribution in [3.63, 3.8) is 0 Å². The Balaban J connectivity index is 1.87. The molecule has 0 atom stereocenters. The first-order chi connectivity index (χ1) is 14.1. The minimum absolute atomic E-state index is 0.332. The highest BCUT2D eigenvalue weighted by molar-refractivity contribution is 7.22. The predicted molar refractivity (Wildman–Crippen MR) is 113 cm³/mol. The zero-order valence-corrected chi connectivity index (χ0v) is 17.6. The van der Waals surface area contributed by atoms with Crippen LogP contribution in [0, 0.1) is 0 Å². The molecule has 0 aliphatic carbocycles. The molecule has 0 aliphatic rings. The summed E-state index contributed by atoms with van der Waals surface area (Å²) in [6.45, 7) is 0.893. The van der Waals surface area contributed by atoms with Crippen molar-refractivity contribution in [2.75, 3.05) is 37.4 Å². The van der Waals surface area contributed by atoms with Crippen molar-refractivity contribution in [1.82, 2.24) is 9.88 Å². The lowest BCUT2D eigenvalue weighted by molar-refractivity contribution is -0.274. The molecule has 11 heteroatoms. The molecule has 1 aromatic heterocycles. The number of urea groups is 1. The third-order valence-corrected chi connectivity index (χ3v) is 5.22. The lowest BCUT2D eigenvalue weighted by Crippen LogP contribution is -2.39. The molecule has 1 heterocycles. The van der Waals surface area contributed by atoms with Gasteiger partial charge in [0.2, 0.25) is 0 Å². The number of fused-ring (bicyclic) bond motifs is 1. The minimum Gasteiger partial charge on any atom is -0.406 e. The third-order valence-electron chi connectivity index (χ3n) is 3.92. The standard InChI is InChI=1S/C19H18ClF3N4O2S/c1-26(2)9-10-27(17(28)24-13-5-3-12(20)4-6-13)18-25-15-8-7-14(11-16(15)30-18)29-19(21,22)23/h3-8,11H,9-10H2,1-2H3,(H,24,28). The van der Waals surface area contributed by atoms with Crippen molar-refractivity contribution < 1.29 is 22.7 Å². The number of aromatic nitrogens is 1. The van der Waals surface area contributed by atoms with Crippen LogP contribution in [0.5, 0.6) is 5.75 Å². The van der Waals surface area contributed by atoms with Gasteiger partial charge in [-0.3, -0.25) is 4.90 Å². The highest BCUT2D eigenvalue weighted by Crippen LogP contribution is 2.33. The van der Waals surface area contributed by atoms with E-state index in [1.807, 2.05) is 19.0 Å². The number of alkyl halides is 3. The summed E-state index contributed by atoms with van der Waals surface area (Å²) in [5.41, 5.74) is 1.03. The number of amides is 2. The van der Waals surface area contributed by atoms with Crippen molar-refractivity contribution in [1.29, 1.82) is 0 Å². The van der Waals surface area contributed by atoms with Gasteiger partial charge < -0.3 is 15.0 Å². The van der Waals surface area contributed by atoms with Gasteiger partial charge in [0, 0.05) is 29.9 Å². The molecular weight excluding hydrogens is 441 g/mol. The smallest absolute Gasteiger partial charge is 0.406 e. The largest absolute Gasteiger partial charge is 0.573 e. The van der Waals surface area contributed by atoms with Gasteiger partial charge in [-0.05, 0) is 50.5 Å². The zero-order chi connectivity index (χ0) is 21.9. The number of hydrogen-bond acceptors (Lipinski definition) is 5. The van der Waals surface area contributed by atoms with E-state index in [0.29, 0.717) is 39.1 Å². The normalized spacial score (nSPS) is 11.7. The Morgan fingerprint density at radius 3 is 2.50 bits per heavy atom. The van der Waals surface area contributed by atoms with Gasteiger partial charge >= 0.3 is 12.4 Å². The minimum atomic E-state index is -4.78. The molecular formula is C19H18ClF3N4O2S. The van der Waals surface area contributed by atoms with E-state index >= 15 is 0 Å². The molecule has 3 aromatic rings. The van der Waals surface area contributed by atoms with E-state index in [1.165, 1.54) is 23.1 Å². The first kappa shape index (κ1) is 22.1. The number of thiazole rings is 1. The van der Waals surface area contributed by atoms with Gasteiger partial charge in [0.25, 0.3) is 0 Å². The van der Waals surface area contributed by atoms with Crippen molar-refractivity contribution in [3.05, 3.63) is 47.5 Å². The summed E-state index contributed by atoms with van der Waals surface area (Å²) in [4.78, 5) is 20.7. The molecule has 0 bridgehead atoms. The van der Waals surface area contributed by atoms with E-state index in [-0.39, 0.29) is 5.75 Å². The van der Waals surface area contributed by atoms with Crippen LogP contribution in [0.15, 0.2) is 42.5 Å². The predicted octanol–water partition coefficient (Wildman–Crippen LogP) is 5.45. The summed E-state index contributed by atoms with van der Waals surface area (Å²) < 4.78 is 41.9. The molecule has 0 saturated carbocycles. The van der Waals surface area contributed by atoms with Gasteiger partial charge in [-0.15, -0.1) is 13.2 Å². The van der Waals surface area contributed by atoms with Crippen LogP contribution in [0.2, 0.25) is 5.02 Å². The number of ether oxygens (including phenoxy) is 1. The monoisotopic (exact) mass is 458 g/mol. The van der Waals surface area contributed by atoms with E-state index < -0.39 is 12.4 Å². The first-order valence-electron chi connectivity index (χ1n) is 8.76. The van der Waals surface area contributed by atoms with Gasteiger partial charge in [0.1, 0.15) is 5.75 Å². The molecule has 0 saturated heterocycles. The highest BCUT2D eigenvalue weighted by Gasteiger charge is 2.31. The Morgan fingerprint density at radius 1 is 1.17 bits per heavy atom. The van der Waals surface area contributed by atoms with E-state index in [2.05, 4.69) is 15.0 Å². The molecule has 0 spiro atoms. The van der Waals surface area contributed by atoms with Crippen molar-refractivity contribution in [2.45, 2.75) is 6.36 Å². The zero-order valence-electron chi connectivity index (χ0n) is 16.0. The van der Waals surface area contributed by atoms with Crippen molar-refractivity contribution in [3.8, 4) is 5.75 Å². The number of benzene rings is 2. The molecule has 30 heavy (non-hydrogen) atoms. The van der Waals surface area contributed by atoms with Crippen molar-refractivity contribution in [2.24, 2.45) is 0 Å². The number of anilines is 2. The van der Waals surface area contributed by atoms with Crippen LogP contribution in [0.4, 0.5) is 28.8 Å². The fourth-order valence-corrected chi connectivity index (χ4v) is 3.66. The summed E-state index contributed by atoms with van der Waals surface area (Å²) in [5.74, 6) is -0.337. The maximum atomic E-state index is 12.9. The van der Waals surface area contributed by atoms with Crippen LogP contribution in [-0.4, -0.2) is 49.5 Å². The fraction of sp³-hybridized carbons (Fsp3) is 0.263. The number of nitrogens with one attached hydrogen (secondary N) is 1. The maximum Gasteiger partial charge on any atom is 0.573 e.